The lowest BCUT2D eigenvalue weighted by Crippen LogP contribution is -2.19. The number of benzene rings is 1. The van der Waals surface area contributed by atoms with E-state index in [0.717, 1.165) is 47.1 Å². The number of fused-ring (bicyclic) bond motifs is 2. The summed E-state index contributed by atoms with van der Waals surface area (Å²) in [6.45, 7) is 0. The number of halogens is 1. The average Bonchev–Trinajstić information content (AvgIpc) is 2.95. The first-order chi connectivity index (χ1) is 11.2. The molecule has 0 spiro atoms. The van der Waals surface area contributed by atoms with E-state index < -0.39 is 0 Å². The predicted molar refractivity (Wildman–Crippen MR) is 89.4 cm³/mol. The van der Waals surface area contributed by atoms with Crippen molar-refractivity contribution in [3.63, 3.8) is 0 Å². The summed E-state index contributed by atoms with van der Waals surface area (Å²) < 4.78 is 0. The molecule has 1 aliphatic rings. The molecule has 2 heterocycles. The van der Waals surface area contributed by atoms with E-state index >= 15 is 0 Å². The van der Waals surface area contributed by atoms with E-state index in [1.54, 1.807) is 6.20 Å². The number of aryl methyl sites for hydroxylation is 1. The maximum Gasteiger partial charge on any atom is 0.132 e. The number of hydrogen-bond acceptors (Lipinski definition) is 4. The summed E-state index contributed by atoms with van der Waals surface area (Å²) in [6, 6.07) is 10.2. The third-order valence-electron chi connectivity index (χ3n) is 4.25. The summed E-state index contributed by atoms with van der Waals surface area (Å²) in [4.78, 5) is 4.51. The smallest absolute Gasteiger partial charge is 0.132 e. The molecular formula is C17H14ClN5. The van der Waals surface area contributed by atoms with Crippen LogP contribution >= 0.6 is 11.6 Å². The second kappa shape index (κ2) is 5.56. The highest BCUT2D eigenvalue weighted by molar-refractivity contribution is 6.34. The molecule has 4 rings (SSSR count). The molecule has 2 aromatic heterocycles. The van der Waals surface area contributed by atoms with Crippen molar-refractivity contribution in [3.05, 3.63) is 52.4 Å². The van der Waals surface area contributed by atoms with Gasteiger partial charge in [-0.05, 0) is 49.1 Å². The van der Waals surface area contributed by atoms with Gasteiger partial charge in [-0.3, -0.25) is 10.1 Å². The van der Waals surface area contributed by atoms with Crippen LogP contribution in [0.15, 0.2) is 30.5 Å². The molecule has 0 radical (unpaired) electrons. The van der Waals surface area contributed by atoms with Gasteiger partial charge >= 0.3 is 0 Å². The van der Waals surface area contributed by atoms with Crippen LogP contribution in [0.3, 0.4) is 0 Å². The number of H-pyrrole nitrogens is 1. The Morgan fingerprint density at radius 1 is 1.35 bits per heavy atom. The van der Waals surface area contributed by atoms with Gasteiger partial charge in [-0.2, -0.15) is 10.4 Å². The number of aromatic nitrogens is 3. The minimum Gasteiger partial charge on any atom is -0.377 e. The second-order valence-corrected chi connectivity index (χ2v) is 6.12. The highest BCUT2D eigenvalue weighted by Gasteiger charge is 2.22. The number of rotatable bonds is 2. The van der Waals surface area contributed by atoms with Crippen LogP contribution in [-0.2, 0) is 6.42 Å². The number of hydrogen-bond donors (Lipinski definition) is 2. The number of nitrogens with one attached hydrogen (secondary N) is 2. The second-order valence-electron chi connectivity index (χ2n) is 5.74. The highest BCUT2D eigenvalue weighted by Crippen LogP contribution is 2.32. The zero-order valence-electron chi connectivity index (χ0n) is 12.3. The number of nitrogens with zero attached hydrogens (tertiary/aromatic N) is 3. The molecule has 5 nitrogen and oxygen atoms in total. The molecule has 1 aliphatic carbocycles. The van der Waals surface area contributed by atoms with Crippen molar-refractivity contribution in [2.24, 2.45) is 0 Å². The number of pyridine rings is 1. The molecule has 0 aliphatic heterocycles. The van der Waals surface area contributed by atoms with Crippen molar-refractivity contribution < 1.29 is 0 Å². The van der Waals surface area contributed by atoms with Crippen molar-refractivity contribution in [1.29, 1.82) is 5.26 Å². The third kappa shape index (κ3) is 2.51. The summed E-state index contributed by atoms with van der Waals surface area (Å²) in [5.74, 6) is 0. The van der Waals surface area contributed by atoms with Gasteiger partial charge in [0.05, 0.1) is 22.8 Å². The van der Waals surface area contributed by atoms with Crippen LogP contribution in [0.2, 0.25) is 5.15 Å². The van der Waals surface area contributed by atoms with E-state index in [1.807, 2.05) is 24.3 Å². The normalized spacial score (nSPS) is 16.8. The summed E-state index contributed by atoms with van der Waals surface area (Å²) in [6.07, 6.45) is 4.72. The Balaban J connectivity index is 1.66. The molecule has 1 aromatic carbocycles. The Morgan fingerprint density at radius 3 is 3.13 bits per heavy atom. The Morgan fingerprint density at radius 2 is 2.26 bits per heavy atom. The van der Waals surface area contributed by atoms with Crippen LogP contribution in [0.5, 0.6) is 0 Å². The topological polar surface area (TPSA) is 77.4 Å². The Bertz CT molecular complexity index is 924. The Labute approximate surface area is 138 Å². The minimum atomic E-state index is 0.148. The first-order valence-electron chi connectivity index (χ1n) is 7.53. The molecule has 2 N–H and O–H groups in total. The fraction of sp³-hybridized carbons (Fsp3) is 0.235. The quantitative estimate of drug-likeness (QED) is 0.748. The molecule has 0 unspecified atom stereocenters. The maximum absolute atomic E-state index is 9.02. The van der Waals surface area contributed by atoms with Crippen molar-refractivity contribution in [2.45, 2.75) is 25.3 Å². The van der Waals surface area contributed by atoms with Gasteiger partial charge in [-0.1, -0.05) is 11.6 Å². The fourth-order valence-corrected chi connectivity index (χ4v) is 3.33. The number of nitriles is 1. The summed E-state index contributed by atoms with van der Waals surface area (Å²) in [5, 5.41) is 20.9. The van der Waals surface area contributed by atoms with E-state index in [4.69, 9.17) is 16.9 Å². The van der Waals surface area contributed by atoms with Gasteiger partial charge in [0.15, 0.2) is 0 Å². The van der Waals surface area contributed by atoms with Crippen molar-refractivity contribution >= 4 is 28.2 Å². The molecule has 0 amide bonds. The predicted octanol–water partition coefficient (Wildman–Crippen LogP) is 3.97. The lowest BCUT2D eigenvalue weighted by atomic mass is 9.91. The zero-order valence-corrected chi connectivity index (χ0v) is 13.1. The van der Waals surface area contributed by atoms with Crippen molar-refractivity contribution in [2.75, 3.05) is 5.32 Å². The minimum absolute atomic E-state index is 0.148. The van der Waals surface area contributed by atoms with Crippen LogP contribution < -0.4 is 5.32 Å². The Kier molecular flexibility index (Phi) is 3.40. The maximum atomic E-state index is 9.02. The monoisotopic (exact) mass is 323 g/mol. The zero-order chi connectivity index (χ0) is 15.8. The number of aromatic amines is 1. The van der Waals surface area contributed by atoms with Gasteiger partial charge in [-0.25, -0.2) is 0 Å². The SMILES string of the molecule is N#Cc1cnc2c(c1)CCC[C@@H]2Nc1ccc2n[nH]c(Cl)c2c1. The summed E-state index contributed by atoms with van der Waals surface area (Å²) in [5.41, 5.74) is 4.66. The van der Waals surface area contributed by atoms with Crippen LogP contribution in [0.4, 0.5) is 5.69 Å². The van der Waals surface area contributed by atoms with E-state index in [1.165, 1.54) is 0 Å². The van der Waals surface area contributed by atoms with E-state index in [0.29, 0.717) is 10.7 Å². The van der Waals surface area contributed by atoms with Gasteiger partial charge in [0.2, 0.25) is 0 Å². The van der Waals surface area contributed by atoms with Crippen LogP contribution in [0.1, 0.15) is 35.7 Å². The fourth-order valence-electron chi connectivity index (χ4n) is 3.14. The van der Waals surface area contributed by atoms with Gasteiger partial charge in [0.1, 0.15) is 11.2 Å². The number of anilines is 1. The van der Waals surface area contributed by atoms with E-state index in [2.05, 4.69) is 26.6 Å². The van der Waals surface area contributed by atoms with Gasteiger partial charge in [0, 0.05) is 17.3 Å². The van der Waals surface area contributed by atoms with Crippen molar-refractivity contribution in [1.82, 2.24) is 15.2 Å². The van der Waals surface area contributed by atoms with Crippen LogP contribution in [-0.4, -0.2) is 15.2 Å². The molecule has 0 saturated heterocycles. The van der Waals surface area contributed by atoms with E-state index in [9.17, 15) is 0 Å². The first kappa shape index (κ1) is 14.0. The molecule has 3 aromatic rings. The standard InChI is InChI=1S/C17H14ClN5/c18-17-13-7-12(4-5-14(13)22-23-17)21-15-3-1-2-11-6-10(8-19)9-20-16(11)15/h4-7,9,15,21H,1-3H2,(H,22,23)/t15-/m0/s1. The largest absolute Gasteiger partial charge is 0.377 e. The molecule has 0 fully saturated rings. The van der Waals surface area contributed by atoms with Gasteiger partial charge in [-0.15, -0.1) is 0 Å². The van der Waals surface area contributed by atoms with Crippen LogP contribution in [0.25, 0.3) is 10.9 Å². The van der Waals surface area contributed by atoms with E-state index in [-0.39, 0.29) is 6.04 Å². The molecule has 6 heteroatoms. The van der Waals surface area contributed by atoms with Crippen molar-refractivity contribution in [3.8, 4) is 6.07 Å². The van der Waals surface area contributed by atoms with Gasteiger partial charge < -0.3 is 5.32 Å². The average molecular weight is 324 g/mol. The molecule has 1 atom stereocenters. The molecule has 23 heavy (non-hydrogen) atoms. The lowest BCUT2D eigenvalue weighted by Gasteiger charge is -2.26. The first-order valence-corrected chi connectivity index (χ1v) is 7.91. The van der Waals surface area contributed by atoms with Gasteiger partial charge in [0.25, 0.3) is 0 Å². The summed E-state index contributed by atoms with van der Waals surface area (Å²) >= 11 is 6.11. The Hall–Kier alpha value is -2.58. The lowest BCUT2D eigenvalue weighted by molar-refractivity contribution is 0.583. The molecule has 0 saturated carbocycles. The molecule has 114 valence electrons. The van der Waals surface area contributed by atoms with Crippen LogP contribution in [0, 0.1) is 11.3 Å². The molecular weight excluding hydrogens is 310 g/mol. The highest BCUT2D eigenvalue weighted by atomic mass is 35.5. The summed E-state index contributed by atoms with van der Waals surface area (Å²) in [7, 11) is 0. The molecule has 0 bridgehead atoms. The third-order valence-corrected chi connectivity index (χ3v) is 4.54.